The minimum Gasteiger partial charge on any atom is -0.361 e. The second kappa shape index (κ2) is 5.19. The molecule has 1 N–H and O–H groups in total. The summed E-state index contributed by atoms with van der Waals surface area (Å²) in [6, 6.07) is 3.88. The molecule has 19 heavy (non-hydrogen) atoms. The van der Waals surface area contributed by atoms with E-state index in [1.165, 1.54) is 12.1 Å². The first-order chi connectivity index (χ1) is 9.00. The number of piperazine rings is 1. The molecule has 1 aliphatic rings. The third-order valence-corrected chi connectivity index (χ3v) is 3.18. The lowest BCUT2D eigenvalue weighted by Crippen LogP contribution is -2.50. The Morgan fingerprint density at radius 2 is 2.05 bits per heavy atom. The maximum atomic E-state index is 11.1. The fourth-order valence-corrected chi connectivity index (χ4v) is 2.21. The molecule has 2 rings (SSSR count). The minimum absolute atomic E-state index is 0.105. The molecule has 102 valence electrons. The highest BCUT2D eigenvalue weighted by molar-refractivity contribution is 5.67. The fraction of sp³-hybridized carbons (Fsp3) is 0.455. The van der Waals surface area contributed by atoms with E-state index in [0.717, 1.165) is 19.2 Å². The minimum atomic E-state index is -0.627. The SMILES string of the molecule is C[C@H]1CNCCN1c1ccc([N+](=O)[O-])cc1[N+](=O)[O-]. The first kappa shape index (κ1) is 13.2. The number of nitro groups is 2. The average molecular weight is 266 g/mol. The molecule has 1 saturated heterocycles. The smallest absolute Gasteiger partial charge is 0.299 e. The largest absolute Gasteiger partial charge is 0.361 e. The number of hydrogen-bond acceptors (Lipinski definition) is 6. The van der Waals surface area contributed by atoms with Crippen molar-refractivity contribution in [3.05, 3.63) is 38.4 Å². The summed E-state index contributed by atoms with van der Waals surface area (Å²) in [5.74, 6) is 0. The summed E-state index contributed by atoms with van der Waals surface area (Å²) < 4.78 is 0. The molecule has 1 aromatic rings. The summed E-state index contributed by atoms with van der Waals surface area (Å²) in [7, 11) is 0. The number of nitro benzene ring substituents is 2. The third-order valence-electron chi connectivity index (χ3n) is 3.18. The van der Waals surface area contributed by atoms with Gasteiger partial charge in [-0.2, -0.15) is 0 Å². The fourth-order valence-electron chi connectivity index (χ4n) is 2.21. The zero-order valence-electron chi connectivity index (χ0n) is 10.4. The van der Waals surface area contributed by atoms with Gasteiger partial charge in [0.25, 0.3) is 11.4 Å². The second-order valence-corrected chi connectivity index (χ2v) is 4.43. The molecule has 1 aliphatic heterocycles. The Hall–Kier alpha value is -2.22. The summed E-state index contributed by atoms with van der Waals surface area (Å²) >= 11 is 0. The molecule has 1 fully saturated rings. The molecule has 0 saturated carbocycles. The molecule has 1 heterocycles. The van der Waals surface area contributed by atoms with Crippen molar-refractivity contribution in [2.75, 3.05) is 24.5 Å². The van der Waals surface area contributed by atoms with Crippen LogP contribution >= 0.6 is 0 Å². The van der Waals surface area contributed by atoms with E-state index in [9.17, 15) is 20.2 Å². The van der Waals surface area contributed by atoms with Crippen molar-refractivity contribution < 1.29 is 9.85 Å². The predicted molar refractivity (Wildman–Crippen MR) is 69.4 cm³/mol. The van der Waals surface area contributed by atoms with Gasteiger partial charge in [0.15, 0.2) is 0 Å². The van der Waals surface area contributed by atoms with Crippen molar-refractivity contribution in [3.63, 3.8) is 0 Å². The highest BCUT2D eigenvalue weighted by atomic mass is 16.6. The van der Waals surface area contributed by atoms with Crippen LogP contribution in [0.5, 0.6) is 0 Å². The van der Waals surface area contributed by atoms with Crippen LogP contribution in [-0.4, -0.2) is 35.5 Å². The zero-order chi connectivity index (χ0) is 14.0. The van der Waals surface area contributed by atoms with Crippen LogP contribution in [0.3, 0.4) is 0 Å². The first-order valence-electron chi connectivity index (χ1n) is 5.91. The monoisotopic (exact) mass is 266 g/mol. The van der Waals surface area contributed by atoms with Gasteiger partial charge in [-0.3, -0.25) is 20.2 Å². The van der Waals surface area contributed by atoms with Crippen molar-refractivity contribution in [1.82, 2.24) is 5.32 Å². The van der Waals surface area contributed by atoms with Gasteiger partial charge in [0.1, 0.15) is 5.69 Å². The van der Waals surface area contributed by atoms with Crippen LogP contribution in [0.1, 0.15) is 6.92 Å². The topological polar surface area (TPSA) is 102 Å². The van der Waals surface area contributed by atoms with Gasteiger partial charge in [-0.1, -0.05) is 0 Å². The molecule has 0 aliphatic carbocycles. The molecule has 0 aromatic heterocycles. The second-order valence-electron chi connectivity index (χ2n) is 4.43. The molecule has 0 unspecified atom stereocenters. The van der Waals surface area contributed by atoms with Crippen molar-refractivity contribution in [2.24, 2.45) is 0 Å². The van der Waals surface area contributed by atoms with E-state index in [1.54, 1.807) is 0 Å². The summed E-state index contributed by atoms with van der Waals surface area (Å²) in [5.41, 5.74) is -0.0502. The first-order valence-corrected chi connectivity index (χ1v) is 5.91. The van der Waals surface area contributed by atoms with Crippen molar-refractivity contribution in [3.8, 4) is 0 Å². The summed E-state index contributed by atoms with van der Waals surface area (Å²) in [5, 5.41) is 25.0. The van der Waals surface area contributed by atoms with Gasteiger partial charge < -0.3 is 10.2 Å². The number of hydrogen-bond donors (Lipinski definition) is 1. The Balaban J connectivity index is 2.44. The van der Waals surface area contributed by atoms with E-state index in [1.807, 2.05) is 11.8 Å². The molecule has 0 spiro atoms. The lowest BCUT2D eigenvalue weighted by atomic mass is 10.1. The lowest BCUT2D eigenvalue weighted by molar-refractivity contribution is -0.393. The van der Waals surface area contributed by atoms with Crippen molar-refractivity contribution in [2.45, 2.75) is 13.0 Å². The van der Waals surface area contributed by atoms with Gasteiger partial charge in [0.2, 0.25) is 0 Å². The van der Waals surface area contributed by atoms with E-state index in [4.69, 9.17) is 0 Å². The lowest BCUT2D eigenvalue weighted by Gasteiger charge is -2.35. The Labute approximate surface area is 109 Å². The Morgan fingerprint density at radius 1 is 1.32 bits per heavy atom. The van der Waals surface area contributed by atoms with Gasteiger partial charge >= 0.3 is 0 Å². The van der Waals surface area contributed by atoms with Crippen molar-refractivity contribution in [1.29, 1.82) is 0 Å². The van der Waals surface area contributed by atoms with Gasteiger partial charge in [-0.05, 0) is 13.0 Å². The summed E-state index contributed by atoms with van der Waals surface area (Å²) in [6.45, 7) is 4.06. The molecule has 1 atom stereocenters. The Kier molecular flexibility index (Phi) is 3.61. The number of rotatable bonds is 3. The Morgan fingerprint density at radius 3 is 2.63 bits per heavy atom. The van der Waals surface area contributed by atoms with Gasteiger partial charge in [0, 0.05) is 31.7 Å². The number of nitrogens with zero attached hydrogens (tertiary/aromatic N) is 3. The van der Waals surface area contributed by atoms with Crippen LogP contribution in [0.25, 0.3) is 0 Å². The quantitative estimate of drug-likeness (QED) is 0.653. The molecular weight excluding hydrogens is 252 g/mol. The summed E-state index contributed by atoms with van der Waals surface area (Å²) in [4.78, 5) is 22.5. The van der Waals surface area contributed by atoms with Crippen LogP contribution in [0, 0.1) is 20.2 Å². The normalized spacial score (nSPS) is 19.2. The molecule has 0 bridgehead atoms. The molecule has 8 nitrogen and oxygen atoms in total. The maximum Gasteiger partial charge on any atom is 0.299 e. The molecular formula is C11H14N4O4. The number of anilines is 1. The van der Waals surface area contributed by atoms with E-state index in [2.05, 4.69) is 5.32 Å². The standard InChI is InChI=1S/C11H14N4O4/c1-8-7-12-4-5-13(8)10-3-2-9(14(16)17)6-11(10)15(18)19/h2-3,6,8,12H,4-5,7H2,1H3/t8-/m0/s1. The van der Waals surface area contributed by atoms with Crippen molar-refractivity contribution >= 4 is 17.1 Å². The average Bonchev–Trinajstić information content (AvgIpc) is 2.38. The highest BCUT2D eigenvalue weighted by Gasteiger charge is 2.27. The predicted octanol–water partition coefficient (Wildman–Crippen LogP) is 1.30. The maximum absolute atomic E-state index is 11.1. The Bertz CT molecular complexity index is 519. The van der Waals surface area contributed by atoms with Crippen LogP contribution in [0.15, 0.2) is 18.2 Å². The molecule has 0 amide bonds. The summed E-state index contributed by atoms with van der Waals surface area (Å²) in [6.07, 6.45) is 0. The van der Waals surface area contributed by atoms with Crippen LogP contribution in [0.2, 0.25) is 0 Å². The third kappa shape index (κ3) is 2.63. The number of benzene rings is 1. The van der Waals surface area contributed by atoms with Crippen LogP contribution in [0.4, 0.5) is 17.1 Å². The van der Waals surface area contributed by atoms with Gasteiger partial charge in [-0.15, -0.1) is 0 Å². The van der Waals surface area contributed by atoms with Gasteiger partial charge in [-0.25, -0.2) is 0 Å². The van der Waals surface area contributed by atoms with Crippen LogP contribution in [-0.2, 0) is 0 Å². The van der Waals surface area contributed by atoms with E-state index >= 15 is 0 Å². The van der Waals surface area contributed by atoms with E-state index < -0.39 is 9.85 Å². The highest BCUT2D eigenvalue weighted by Crippen LogP contribution is 2.33. The number of non-ortho nitro benzene ring substituents is 1. The molecule has 0 radical (unpaired) electrons. The zero-order valence-corrected chi connectivity index (χ0v) is 10.4. The van der Waals surface area contributed by atoms with Gasteiger partial charge in [0.05, 0.1) is 15.9 Å². The van der Waals surface area contributed by atoms with E-state index in [0.29, 0.717) is 12.2 Å². The molecule has 8 heteroatoms. The molecule has 1 aromatic carbocycles. The number of nitrogens with one attached hydrogen (secondary N) is 1. The van der Waals surface area contributed by atoms with E-state index in [-0.39, 0.29) is 17.4 Å². The van der Waals surface area contributed by atoms with Crippen LogP contribution < -0.4 is 10.2 Å².